The average molecular weight is 325 g/mol. The van der Waals surface area contributed by atoms with Gasteiger partial charge in [-0.15, -0.1) is 5.10 Å². The molecule has 0 saturated heterocycles. The third-order valence-electron chi connectivity index (χ3n) is 2.48. The van der Waals surface area contributed by atoms with Gasteiger partial charge >= 0.3 is 11.5 Å². The van der Waals surface area contributed by atoms with Gasteiger partial charge in [0.1, 0.15) is 0 Å². The van der Waals surface area contributed by atoms with Gasteiger partial charge in [-0.3, -0.25) is 0 Å². The second-order valence-electron chi connectivity index (χ2n) is 5.27. The van der Waals surface area contributed by atoms with Gasteiger partial charge in [0.25, 0.3) is 0 Å². The largest absolute Gasteiger partial charge is 0.461 e. The van der Waals surface area contributed by atoms with E-state index in [1.165, 1.54) is 4.68 Å². The molecular formula is C12H18F3N3O2S. The Balaban J connectivity index is 2.97. The maximum Gasteiger partial charge on any atom is 0.441 e. The lowest BCUT2D eigenvalue weighted by Gasteiger charge is -2.20. The van der Waals surface area contributed by atoms with Crippen LogP contribution in [0.15, 0.2) is 0 Å². The van der Waals surface area contributed by atoms with Crippen molar-refractivity contribution >= 4 is 17.7 Å². The maximum atomic E-state index is 12.2. The van der Waals surface area contributed by atoms with Gasteiger partial charge in [-0.05, 0) is 18.7 Å². The van der Waals surface area contributed by atoms with Crippen molar-refractivity contribution in [3.8, 4) is 0 Å². The second-order valence-corrected chi connectivity index (χ2v) is 6.43. The molecule has 0 spiro atoms. The minimum Gasteiger partial charge on any atom is -0.461 e. The summed E-state index contributed by atoms with van der Waals surface area (Å²) in [6.07, 6.45) is 0. The van der Waals surface area contributed by atoms with Crippen LogP contribution in [0.3, 0.4) is 0 Å². The maximum absolute atomic E-state index is 12.2. The lowest BCUT2D eigenvalue weighted by Crippen LogP contribution is -2.23. The Kier molecular flexibility index (Phi) is 5.66. The van der Waals surface area contributed by atoms with Crippen LogP contribution in [-0.2, 0) is 16.7 Å². The molecule has 1 heterocycles. The molecule has 120 valence electrons. The zero-order valence-electron chi connectivity index (χ0n) is 12.3. The normalized spacial score (nSPS) is 12.5. The highest BCUT2D eigenvalue weighted by Crippen LogP contribution is 2.31. The number of thioether (sulfide) groups is 1. The van der Waals surface area contributed by atoms with Crippen LogP contribution in [0.1, 0.15) is 43.9 Å². The number of carbonyl (C=O) groups is 1. The number of hydrogen-bond donors (Lipinski definition) is 0. The molecule has 0 radical (unpaired) electrons. The first-order valence-electron chi connectivity index (χ1n) is 6.38. The Hall–Kier alpha value is -1.25. The fourth-order valence-electron chi connectivity index (χ4n) is 1.80. The number of alkyl halides is 3. The number of halogens is 3. The smallest absolute Gasteiger partial charge is 0.441 e. The lowest BCUT2D eigenvalue weighted by molar-refractivity contribution is -0.0328. The number of nitrogens with zero attached hydrogens (tertiary/aromatic N) is 3. The molecule has 9 heteroatoms. The summed E-state index contributed by atoms with van der Waals surface area (Å²) in [5, 5.41) is 7.55. The van der Waals surface area contributed by atoms with Crippen molar-refractivity contribution in [2.24, 2.45) is 0 Å². The van der Waals surface area contributed by atoms with Crippen LogP contribution in [0.2, 0.25) is 0 Å². The molecule has 0 aliphatic heterocycles. The van der Waals surface area contributed by atoms with Crippen LogP contribution in [0.4, 0.5) is 13.2 Å². The molecule has 1 rings (SSSR count). The Morgan fingerprint density at radius 3 is 2.43 bits per heavy atom. The van der Waals surface area contributed by atoms with E-state index in [0.717, 1.165) is 0 Å². The zero-order chi connectivity index (χ0) is 16.3. The summed E-state index contributed by atoms with van der Waals surface area (Å²) < 4.78 is 42.7. The van der Waals surface area contributed by atoms with Gasteiger partial charge in [-0.25, -0.2) is 9.48 Å². The van der Waals surface area contributed by atoms with E-state index >= 15 is 0 Å². The summed E-state index contributed by atoms with van der Waals surface area (Å²) in [5.41, 5.74) is -4.24. The van der Waals surface area contributed by atoms with Crippen LogP contribution in [0, 0.1) is 0 Å². The highest BCUT2D eigenvalue weighted by atomic mass is 32.2. The molecule has 0 atom stereocenters. The van der Waals surface area contributed by atoms with Gasteiger partial charge in [0.2, 0.25) is 0 Å². The highest BCUT2D eigenvalue weighted by Gasteiger charge is 2.31. The Labute approximate surface area is 125 Å². The summed E-state index contributed by atoms with van der Waals surface area (Å²) in [5.74, 6) is -0.810. The standard InChI is InChI=1S/C12H18F3N3O2S/c1-5-20-10(19)8-9(11(2,3)4)18(17-16-8)6-7-21-12(13,14)15/h5-7H2,1-4H3. The third kappa shape index (κ3) is 5.22. The minimum atomic E-state index is -4.29. The van der Waals surface area contributed by atoms with E-state index in [4.69, 9.17) is 4.74 Å². The summed E-state index contributed by atoms with van der Waals surface area (Å²) in [7, 11) is 0. The van der Waals surface area contributed by atoms with Crippen LogP contribution in [0.25, 0.3) is 0 Å². The van der Waals surface area contributed by atoms with Crippen molar-refractivity contribution in [2.45, 2.75) is 45.2 Å². The SMILES string of the molecule is CCOC(=O)c1nnn(CCSC(F)(F)F)c1C(C)(C)C. The number of ether oxygens (including phenoxy) is 1. The number of rotatable bonds is 5. The van der Waals surface area contributed by atoms with Crippen LogP contribution < -0.4 is 0 Å². The van der Waals surface area contributed by atoms with E-state index in [0.29, 0.717) is 5.69 Å². The molecular weight excluding hydrogens is 307 g/mol. The first-order chi connectivity index (χ1) is 9.56. The monoisotopic (exact) mass is 325 g/mol. The lowest BCUT2D eigenvalue weighted by atomic mass is 9.90. The summed E-state index contributed by atoms with van der Waals surface area (Å²) in [6.45, 7) is 7.38. The van der Waals surface area contributed by atoms with Crippen molar-refractivity contribution in [3.63, 3.8) is 0 Å². The fraction of sp³-hybridized carbons (Fsp3) is 0.750. The van der Waals surface area contributed by atoms with Gasteiger partial charge in [0, 0.05) is 11.2 Å². The van der Waals surface area contributed by atoms with Gasteiger partial charge in [0.15, 0.2) is 5.69 Å². The molecule has 0 fully saturated rings. The molecule has 5 nitrogen and oxygen atoms in total. The number of aryl methyl sites for hydroxylation is 1. The molecule has 1 aromatic heterocycles. The van der Waals surface area contributed by atoms with E-state index < -0.39 is 16.9 Å². The molecule has 21 heavy (non-hydrogen) atoms. The minimum absolute atomic E-state index is 0.0170. The van der Waals surface area contributed by atoms with Gasteiger partial charge in [0.05, 0.1) is 18.8 Å². The van der Waals surface area contributed by atoms with Gasteiger partial charge in [-0.2, -0.15) is 13.2 Å². The first kappa shape index (κ1) is 17.8. The zero-order valence-corrected chi connectivity index (χ0v) is 13.1. The van der Waals surface area contributed by atoms with E-state index in [1.54, 1.807) is 6.92 Å². The summed E-state index contributed by atoms with van der Waals surface area (Å²) in [6, 6.07) is 0. The van der Waals surface area contributed by atoms with E-state index in [-0.39, 0.29) is 36.4 Å². The molecule has 0 N–H and O–H groups in total. The molecule has 0 aromatic carbocycles. The Morgan fingerprint density at radius 2 is 1.95 bits per heavy atom. The van der Waals surface area contributed by atoms with Crippen LogP contribution >= 0.6 is 11.8 Å². The molecule has 0 bridgehead atoms. The Bertz CT molecular complexity index is 495. The molecule has 0 unspecified atom stereocenters. The number of esters is 1. The van der Waals surface area contributed by atoms with Crippen molar-refractivity contribution < 1.29 is 22.7 Å². The summed E-state index contributed by atoms with van der Waals surface area (Å²) >= 11 is -0.129. The number of aromatic nitrogens is 3. The van der Waals surface area contributed by atoms with Crippen LogP contribution in [0.5, 0.6) is 0 Å². The quantitative estimate of drug-likeness (QED) is 0.779. The Morgan fingerprint density at radius 1 is 1.33 bits per heavy atom. The van der Waals surface area contributed by atoms with E-state index in [2.05, 4.69) is 10.3 Å². The number of hydrogen-bond acceptors (Lipinski definition) is 5. The van der Waals surface area contributed by atoms with Crippen LogP contribution in [-0.4, -0.2) is 38.8 Å². The molecule has 0 aliphatic rings. The molecule has 0 amide bonds. The van der Waals surface area contributed by atoms with Crippen molar-refractivity contribution in [1.82, 2.24) is 15.0 Å². The fourth-order valence-corrected chi connectivity index (χ4v) is 2.29. The highest BCUT2D eigenvalue weighted by molar-refractivity contribution is 8.00. The second kappa shape index (κ2) is 6.67. The van der Waals surface area contributed by atoms with E-state index in [9.17, 15) is 18.0 Å². The summed E-state index contributed by atoms with van der Waals surface area (Å²) in [4.78, 5) is 11.8. The predicted molar refractivity (Wildman–Crippen MR) is 73.2 cm³/mol. The molecule has 0 aliphatic carbocycles. The molecule has 1 aromatic rings. The third-order valence-corrected chi connectivity index (χ3v) is 3.20. The molecule has 0 saturated carbocycles. The number of carbonyl (C=O) groups excluding carboxylic acids is 1. The first-order valence-corrected chi connectivity index (χ1v) is 7.36. The average Bonchev–Trinajstić information content (AvgIpc) is 2.71. The van der Waals surface area contributed by atoms with Crippen molar-refractivity contribution in [1.29, 1.82) is 0 Å². The van der Waals surface area contributed by atoms with Crippen molar-refractivity contribution in [3.05, 3.63) is 11.4 Å². The topological polar surface area (TPSA) is 57.0 Å². The van der Waals surface area contributed by atoms with Crippen molar-refractivity contribution in [2.75, 3.05) is 12.4 Å². The van der Waals surface area contributed by atoms with Gasteiger partial charge in [-0.1, -0.05) is 26.0 Å². The van der Waals surface area contributed by atoms with E-state index in [1.807, 2.05) is 20.8 Å². The predicted octanol–water partition coefficient (Wildman–Crippen LogP) is 3.01. The van der Waals surface area contributed by atoms with Gasteiger partial charge < -0.3 is 4.74 Å².